The molecule has 8 nitrogen and oxygen atoms in total. The molecule has 2 amide bonds. The number of nitrogen functional groups attached to an aromatic ring is 1. The topological polar surface area (TPSA) is 147 Å². The van der Waals surface area contributed by atoms with Crippen molar-refractivity contribution in [2.75, 3.05) is 12.3 Å². The second-order valence-corrected chi connectivity index (χ2v) is 3.50. The van der Waals surface area contributed by atoms with Gasteiger partial charge in [-0.3, -0.25) is 9.59 Å². The molecule has 0 aliphatic carbocycles. The molecule has 0 aliphatic rings. The summed E-state index contributed by atoms with van der Waals surface area (Å²) in [5.41, 5.74) is 15.2. The van der Waals surface area contributed by atoms with E-state index in [1.54, 1.807) is 0 Å². The van der Waals surface area contributed by atoms with Gasteiger partial charge in [0, 0.05) is 5.38 Å². The Hall–Kier alpha value is -2.16. The molecule has 1 aromatic rings. The number of rotatable bonds is 5. The molecule has 0 radical (unpaired) electrons. The van der Waals surface area contributed by atoms with Crippen molar-refractivity contribution in [2.24, 2.45) is 16.6 Å². The number of hydrogen-bond acceptors (Lipinski definition) is 7. The molecule has 0 bridgehead atoms. The number of nitrogens with zero attached hydrogens (tertiary/aromatic N) is 2. The van der Waals surface area contributed by atoms with E-state index in [0.29, 0.717) is 0 Å². The predicted molar refractivity (Wildman–Crippen MR) is 57.4 cm³/mol. The molecule has 0 saturated carbocycles. The van der Waals surface area contributed by atoms with E-state index in [4.69, 9.17) is 17.2 Å². The maximum absolute atomic E-state index is 11.0. The minimum atomic E-state index is -0.838. The quantitative estimate of drug-likeness (QED) is 0.421. The zero-order valence-electron chi connectivity index (χ0n) is 8.04. The smallest absolute Gasteiger partial charge is 0.273 e. The Bertz CT molecular complexity index is 441. The van der Waals surface area contributed by atoms with E-state index in [1.165, 1.54) is 5.38 Å². The maximum Gasteiger partial charge on any atom is 0.273 e. The van der Waals surface area contributed by atoms with Gasteiger partial charge in [-0.15, -0.1) is 11.3 Å². The molecule has 6 N–H and O–H groups in total. The van der Waals surface area contributed by atoms with Crippen molar-refractivity contribution in [1.82, 2.24) is 4.98 Å². The summed E-state index contributed by atoms with van der Waals surface area (Å²) in [4.78, 5) is 29.7. The summed E-state index contributed by atoms with van der Waals surface area (Å²) < 4.78 is 0. The lowest BCUT2D eigenvalue weighted by Crippen LogP contribution is -2.26. The van der Waals surface area contributed by atoms with Gasteiger partial charge >= 0.3 is 0 Å². The molecule has 9 heteroatoms. The number of primary amides is 2. The first-order chi connectivity index (χ1) is 7.50. The number of nitrogens with two attached hydrogens (primary N) is 3. The van der Waals surface area contributed by atoms with Crippen LogP contribution in [0.25, 0.3) is 0 Å². The summed E-state index contributed by atoms with van der Waals surface area (Å²) in [5.74, 6) is -1.56. The van der Waals surface area contributed by atoms with Crippen molar-refractivity contribution < 1.29 is 14.4 Å². The molecule has 0 atom stereocenters. The Balaban J connectivity index is 2.83. The van der Waals surface area contributed by atoms with E-state index < -0.39 is 18.4 Å². The van der Waals surface area contributed by atoms with Crippen molar-refractivity contribution in [3.8, 4) is 0 Å². The lowest BCUT2D eigenvalue weighted by atomic mass is 10.3. The third-order valence-corrected chi connectivity index (χ3v) is 2.03. The van der Waals surface area contributed by atoms with Crippen LogP contribution in [0.4, 0.5) is 5.13 Å². The average Bonchev–Trinajstić information content (AvgIpc) is 2.58. The van der Waals surface area contributed by atoms with Gasteiger partial charge in [-0.2, -0.15) is 0 Å². The third kappa shape index (κ3) is 3.20. The molecule has 0 unspecified atom stereocenters. The van der Waals surface area contributed by atoms with Gasteiger partial charge in [-0.25, -0.2) is 4.98 Å². The Morgan fingerprint density at radius 3 is 2.62 bits per heavy atom. The van der Waals surface area contributed by atoms with Crippen molar-refractivity contribution in [2.45, 2.75) is 0 Å². The molecule has 1 rings (SSSR count). The molecule has 1 heterocycles. The number of hydrogen-bond donors (Lipinski definition) is 3. The zero-order valence-corrected chi connectivity index (χ0v) is 8.86. The standard InChI is InChI=1S/C7H9N5O3S/c8-4(13)1-15-12-5(6(9)14)3-2-16-7(10)11-3/h2H,1H2,(H2,8,13)(H2,9,14)(H2,10,11). The summed E-state index contributed by atoms with van der Waals surface area (Å²) in [7, 11) is 0. The van der Waals surface area contributed by atoms with Gasteiger partial charge < -0.3 is 22.0 Å². The summed E-state index contributed by atoms with van der Waals surface area (Å²) in [6.45, 7) is -0.448. The van der Waals surface area contributed by atoms with Crippen LogP contribution in [0.3, 0.4) is 0 Å². The second kappa shape index (κ2) is 5.07. The zero-order chi connectivity index (χ0) is 12.1. The van der Waals surface area contributed by atoms with E-state index in [2.05, 4.69) is 15.0 Å². The van der Waals surface area contributed by atoms with E-state index in [9.17, 15) is 9.59 Å². The summed E-state index contributed by atoms with van der Waals surface area (Å²) in [6, 6.07) is 0. The highest BCUT2D eigenvalue weighted by Gasteiger charge is 2.15. The third-order valence-electron chi connectivity index (χ3n) is 1.36. The first-order valence-corrected chi connectivity index (χ1v) is 4.88. The minimum absolute atomic E-state index is 0.194. The molecule has 86 valence electrons. The number of oxime groups is 1. The molecule has 1 aromatic heterocycles. The summed E-state index contributed by atoms with van der Waals surface area (Å²) >= 11 is 1.12. The predicted octanol–water partition coefficient (Wildman–Crippen LogP) is -1.58. The highest BCUT2D eigenvalue weighted by Crippen LogP contribution is 2.11. The summed E-state index contributed by atoms with van der Waals surface area (Å²) in [6.07, 6.45) is 0. The molecular weight excluding hydrogens is 234 g/mol. The van der Waals surface area contributed by atoms with Gasteiger partial charge in [-0.1, -0.05) is 5.16 Å². The molecule has 0 aromatic carbocycles. The Morgan fingerprint density at radius 2 is 2.19 bits per heavy atom. The van der Waals surface area contributed by atoms with Crippen LogP contribution in [-0.4, -0.2) is 29.1 Å². The van der Waals surface area contributed by atoms with Crippen LogP contribution in [-0.2, 0) is 14.4 Å². The lowest BCUT2D eigenvalue weighted by molar-refractivity contribution is -0.122. The number of carbonyl (C=O) groups excluding carboxylic acids is 2. The molecule has 0 aliphatic heterocycles. The van der Waals surface area contributed by atoms with Crippen LogP contribution in [0.5, 0.6) is 0 Å². The largest absolute Gasteiger partial charge is 0.385 e. The van der Waals surface area contributed by atoms with Crippen LogP contribution in [0.2, 0.25) is 0 Å². The number of amides is 2. The fraction of sp³-hybridized carbons (Fsp3) is 0.143. The van der Waals surface area contributed by atoms with E-state index in [-0.39, 0.29) is 16.5 Å². The molecule has 0 saturated heterocycles. The van der Waals surface area contributed by atoms with Crippen LogP contribution in [0.1, 0.15) is 5.69 Å². The lowest BCUT2D eigenvalue weighted by Gasteiger charge is -1.98. The maximum atomic E-state index is 11.0. The van der Waals surface area contributed by atoms with E-state index in [0.717, 1.165) is 11.3 Å². The van der Waals surface area contributed by atoms with Crippen molar-refractivity contribution >= 4 is 34.0 Å². The number of thiazole rings is 1. The monoisotopic (exact) mass is 243 g/mol. The van der Waals surface area contributed by atoms with Gasteiger partial charge in [0.1, 0.15) is 5.69 Å². The fourth-order valence-corrected chi connectivity index (χ4v) is 1.32. The highest BCUT2D eigenvalue weighted by molar-refractivity contribution is 7.13. The van der Waals surface area contributed by atoms with Gasteiger partial charge in [-0.05, 0) is 0 Å². The van der Waals surface area contributed by atoms with Crippen LogP contribution < -0.4 is 17.2 Å². The normalized spacial score (nSPS) is 11.1. The van der Waals surface area contributed by atoms with E-state index in [1.807, 2.05) is 0 Å². The van der Waals surface area contributed by atoms with Crippen molar-refractivity contribution in [3.05, 3.63) is 11.1 Å². The fourth-order valence-electron chi connectivity index (χ4n) is 0.775. The van der Waals surface area contributed by atoms with Gasteiger partial charge in [0.2, 0.25) is 0 Å². The van der Waals surface area contributed by atoms with Gasteiger partial charge in [0.15, 0.2) is 17.5 Å². The minimum Gasteiger partial charge on any atom is -0.385 e. The van der Waals surface area contributed by atoms with Crippen LogP contribution in [0.15, 0.2) is 10.5 Å². The molecular formula is C7H9N5O3S. The van der Waals surface area contributed by atoms with Crippen LogP contribution >= 0.6 is 11.3 Å². The Morgan fingerprint density at radius 1 is 1.50 bits per heavy atom. The second-order valence-electron chi connectivity index (χ2n) is 2.61. The first kappa shape index (κ1) is 11.9. The molecule has 0 spiro atoms. The average molecular weight is 243 g/mol. The SMILES string of the molecule is NC(=O)CON=C(C(N)=O)c1csc(N)n1. The van der Waals surface area contributed by atoms with Crippen LogP contribution in [0, 0.1) is 0 Å². The summed E-state index contributed by atoms with van der Waals surface area (Å²) in [5, 5.41) is 5.13. The Labute approximate surface area is 94.1 Å². The van der Waals surface area contributed by atoms with Gasteiger partial charge in [0.25, 0.3) is 11.8 Å². The number of aromatic nitrogens is 1. The number of carbonyl (C=O) groups is 2. The Kier molecular flexibility index (Phi) is 3.78. The highest BCUT2D eigenvalue weighted by atomic mass is 32.1. The van der Waals surface area contributed by atoms with E-state index >= 15 is 0 Å². The van der Waals surface area contributed by atoms with Crippen molar-refractivity contribution in [3.63, 3.8) is 0 Å². The number of anilines is 1. The molecule has 16 heavy (non-hydrogen) atoms. The first-order valence-electron chi connectivity index (χ1n) is 4.00. The molecule has 0 fully saturated rings. The van der Waals surface area contributed by atoms with Gasteiger partial charge in [0.05, 0.1) is 0 Å². The van der Waals surface area contributed by atoms with Crippen molar-refractivity contribution in [1.29, 1.82) is 0 Å².